The molecule has 0 saturated carbocycles. The average molecular weight is 169 g/mol. The maximum Gasteiger partial charge on any atom is 0.322 e. The second-order valence-corrected chi connectivity index (χ2v) is 2.58. The van der Waals surface area contributed by atoms with Crippen LogP contribution in [0.1, 0.15) is 13.3 Å². The number of nitrogens with two attached hydrogens (primary N) is 1. The summed E-state index contributed by atoms with van der Waals surface area (Å²) >= 11 is 0. The molecule has 0 radical (unpaired) electrons. The van der Waals surface area contributed by atoms with Gasteiger partial charge in [-0.25, -0.2) is 0 Å². The SMILES string of the molecule is C=C/C=C(\C)C[C@H](N)C(=O)OC. The maximum absolute atomic E-state index is 10.9. The van der Waals surface area contributed by atoms with Gasteiger partial charge in [-0.05, 0) is 13.3 Å². The molecule has 0 aliphatic rings. The van der Waals surface area contributed by atoms with Crippen molar-refractivity contribution in [3.8, 4) is 0 Å². The minimum Gasteiger partial charge on any atom is -0.468 e. The fraction of sp³-hybridized carbons (Fsp3) is 0.444. The lowest BCUT2D eigenvalue weighted by Gasteiger charge is -2.08. The van der Waals surface area contributed by atoms with Crippen LogP contribution < -0.4 is 5.73 Å². The average Bonchev–Trinajstić information content (AvgIpc) is 2.03. The molecule has 0 aromatic rings. The minimum atomic E-state index is -0.564. The van der Waals surface area contributed by atoms with Gasteiger partial charge in [-0.2, -0.15) is 0 Å². The molecule has 0 saturated heterocycles. The molecule has 0 rings (SSSR count). The zero-order valence-electron chi connectivity index (χ0n) is 7.54. The van der Waals surface area contributed by atoms with E-state index in [2.05, 4.69) is 11.3 Å². The Balaban J connectivity index is 3.99. The Morgan fingerprint density at radius 3 is 2.75 bits per heavy atom. The molecule has 0 aromatic heterocycles. The smallest absolute Gasteiger partial charge is 0.322 e. The summed E-state index contributed by atoms with van der Waals surface area (Å²) in [7, 11) is 1.33. The van der Waals surface area contributed by atoms with Crippen molar-refractivity contribution in [2.24, 2.45) is 5.73 Å². The Morgan fingerprint density at radius 2 is 2.33 bits per heavy atom. The van der Waals surface area contributed by atoms with Crippen LogP contribution in [0, 0.1) is 0 Å². The Hall–Kier alpha value is -1.09. The van der Waals surface area contributed by atoms with E-state index in [1.807, 2.05) is 13.0 Å². The molecule has 1 atom stereocenters. The molecule has 2 N–H and O–H groups in total. The number of carbonyl (C=O) groups is 1. The van der Waals surface area contributed by atoms with Crippen molar-refractivity contribution in [1.82, 2.24) is 0 Å². The monoisotopic (exact) mass is 169 g/mol. The zero-order chi connectivity index (χ0) is 9.56. The van der Waals surface area contributed by atoms with Crippen LogP contribution in [0.2, 0.25) is 0 Å². The third-order valence-electron chi connectivity index (χ3n) is 1.45. The number of carbonyl (C=O) groups excluding carboxylic acids is 1. The van der Waals surface area contributed by atoms with Gasteiger partial charge in [0, 0.05) is 0 Å². The molecular formula is C9H15NO2. The summed E-state index contributed by atoms with van der Waals surface area (Å²) in [5.74, 6) is -0.383. The van der Waals surface area contributed by atoms with Crippen LogP contribution in [-0.4, -0.2) is 19.1 Å². The number of hydrogen-bond acceptors (Lipinski definition) is 3. The predicted molar refractivity (Wildman–Crippen MR) is 48.6 cm³/mol. The van der Waals surface area contributed by atoms with Crippen molar-refractivity contribution in [1.29, 1.82) is 0 Å². The maximum atomic E-state index is 10.9. The van der Waals surface area contributed by atoms with Gasteiger partial charge in [-0.1, -0.05) is 24.3 Å². The van der Waals surface area contributed by atoms with E-state index in [9.17, 15) is 4.79 Å². The van der Waals surface area contributed by atoms with E-state index in [4.69, 9.17) is 5.73 Å². The molecule has 0 spiro atoms. The molecule has 3 heteroatoms. The first-order valence-corrected chi connectivity index (χ1v) is 3.73. The summed E-state index contributed by atoms with van der Waals surface area (Å²) in [6.07, 6.45) is 4.00. The predicted octanol–water partition coefficient (Wildman–Crippen LogP) is 1.01. The Kier molecular flexibility index (Phi) is 5.04. The van der Waals surface area contributed by atoms with E-state index in [0.29, 0.717) is 6.42 Å². The number of methoxy groups -OCH3 is 1. The van der Waals surface area contributed by atoms with Gasteiger partial charge < -0.3 is 10.5 Å². The number of ether oxygens (including phenoxy) is 1. The topological polar surface area (TPSA) is 52.3 Å². The van der Waals surface area contributed by atoms with E-state index >= 15 is 0 Å². The first-order chi connectivity index (χ1) is 5.61. The fourth-order valence-corrected chi connectivity index (χ4v) is 0.851. The number of esters is 1. The molecule has 0 bridgehead atoms. The second-order valence-electron chi connectivity index (χ2n) is 2.58. The highest BCUT2D eigenvalue weighted by Gasteiger charge is 2.12. The summed E-state index contributed by atoms with van der Waals surface area (Å²) in [5.41, 5.74) is 6.53. The molecular weight excluding hydrogens is 154 g/mol. The molecule has 0 unspecified atom stereocenters. The van der Waals surface area contributed by atoms with Gasteiger partial charge in [0.15, 0.2) is 0 Å². The van der Waals surface area contributed by atoms with Crippen LogP contribution in [0.15, 0.2) is 24.3 Å². The van der Waals surface area contributed by atoms with Crippen LogP contribution in [0.4, 0.5) is 0 Å². The van der Waals surface area contributed by atoms with Crippen LogP contribution >= 0.6 is 0 Å². The molecule has 0 fully saturated rings. The van der Waals surface area contributed by atoms with Gasteiger partial charge in [0.25, 0.3) is 0 Å². The number of rotatable bonds is 4. The fourth-order valence-electron chi connectivity index (χ4n) is 0.851. The van der Waals surface area contributed by atoms with Gasteiger partial charge >= 0.3 is 5.97 Å². The van der Waals surface area contributed by atoms with E-state index in [-0.39, 0.29) is 5.97 Å². The molecule has 12 heavy (non-hydrogen) atoms. The van der Waals surface area contributed by atoms with E-state index < -0.39 is 6.04 Å². The van der Waals surface area contributed by atoms with E-state index in [1.54, 1.807) is 6.08 Å². The highest BCUT2D eigenvalue weighted by atomic mass is 16.5. The van der Waals surface area contributed by atoms with Crippen LogP contribution in [0.3, 0.4) is 0 Å². The van der Waals surface area contributed by atoms with Crippen LogP contribution in [0.25, 0.3) is 0 Å². The van der Waals surface area contributed by atoms with Gasteiger partial charge in [-0.15, -0.1) is 0 Å². The van der Waals surface area contributed by atoms with Gasteiger partial charge in [0.2, 0.25) is 0 Å². The van der Waals surface area contributed by atoms with Crippen molar-refractivity contribution in [3.05, 3.63) is 24.3 Å². The zero-order valence-corrected chi connectivity index (χ0v) is 7.54. The van der Waals surface area contributed by atoms with Crippen molar-refractivity contribution >= 4 is 5.97 Å². The quantitative estimate of drug-likeness (QED) is 0.504. The summed E-state index contributed by atoms with van der Waals surface area (Å²) in [6, 6.07) is -0.564. The Bertz CT molecular complexity index is 197. The van der Waals surface area contributed by atoms with Gasteiger partial charge in [0.1, 0.15) is 6.04 Å². The molecule has 0 aliphatic heterocycles. The third-order valence-corrected chi connectivity index (χ3v) is 1.45. The lowest BCUT2D eigenvalue weighted by Crippen LogP contribution is -2.31. The molecule has 68 valence electrons. The number of hydrogen-bond donors (Lipinski definition) is 1. The first-order valence-electron chi connectivity index (χ1n) is 3.73. The minimum absolute atomic E-state index is 0.383. The van der Waals surface area contributed by atoms with E-state index in [1.165, 1.54) is 7.11 Å². The van der Waals surface area contributed by atoms with Crippen molar-refractivity contribution < 1.29 is 9.53 Å². The molecule has 3 nitrogen and oxygen atoms in total. The van der Waals surface area contributed by atoms with Crippen LogP contribution in [-0.2, 0) is 9.53 Å². The number of allylic oxidation sites excluding steroid dienone is 2. The highest BCUT2D eigenvalue weighted by molar-refractivity contribution is 5.75. The third kappa shape index (κ3) is 3.93. The van der Waals surface area contributed by atoms with Crippen molar-refractivity contribution in [3.63, 3.8) is 0 Å². The first kappa shape index (κ1) is 10.9. The van der Waals surface area contributed by atoms with Crippen molar-refractivity contribution in [2.45, 2.75) is 19.4 Å². The summed E-state index contributed by atoms with van der Waals surface area (Å²) in [6.45, 7) is 5.43. The molecule has 0 amide bonds. The standard InChI is InChI=1S/C9H15NO2/c1-4-5-7(2)6-8(10)9(11)12-3/h4-5,8H,1,6,10H2,2-3H3/b7-5+/t8-/m0/s1. The van der Waals surface area contributed by atoms with Gasteiger partial charge in [-0.3, -0.25) is 4.79 Å². The van der Waals surface area contributed by atoms with E-state index in [0.717, 1.165) is 5.57 Å². The Morgan fingerprint density at radius 1 is 1.75 bits per heavy atom. The lowest BCUT2D eigenvalue weighted by molar-refractivity contribution is -0.142. The normalized spacial score (nSPS) is 13.8. The second kappa shape index (κ2) is 5.55. The molecule has 0 aromatic carbocycles. The van der Waals surface area contributed by atoms with Crippen LogP contribution in [0.5, 0.6) is 0 Å². The molecule has 0 heterocycles. The summed E-state index contributed by atoms with van der Waals surface area (Å²) in [5, 5.41) is 0. The summed E-state index contributed by atoms with van der Waals surface area (Å²) in [4.78, 5) is 10.9. The van der Waals surface area contributed by atoms with Gasteiger partial charge in [0.05, 0.1) is 7.11 Å². The largest absolute Gasteiger partial charge is 0.468 e. The lowest BCUT2D eigenvalue weighted by atomic mass is 10.1. The van der Waals surface area contributed by atoms with Crippen molar-refractivity contribution in [2.75, 3.05) is 7.11 Å². The summed E-state index contributed by atoms with van der Waals surface area (Å²) < 4.78 is 4.47. The Labute approximate surface area is 72.9 Å². The highest BCUT2D eigenvalue weighted by Crippen LogP contribution is 2.03. The molecule has 0 aliphatic carbocycles.